The fraction of sp³-hybridized carbons (Fsp3) is 1.00. The van der Waals surface area contributed by atoms with Crippen molar-refractivity contribution in [2.24, 2.45) is 5.92 Å². The summed E-state index contributed by atoms with van der Waals surface area (Å²) in [5.41, 5.74) is 0. The molecule has 0 bridgehead atoms. The Kier molecular flexibility index (Phi) is 5.93. The second-order valence-corrected chi connectivity index (χ2v) is 6.04. The monoisotopic (exact) mass is 254 g/mol. The standard InChI is InChI=1S/C15H30N2O/c1-3-15-14(7-10-18-15)11-16-13(2)12-17-8-5-4-6-9-17/h13-16H,3-12H2,1-2H3. The Morgan fingerprint density at radius 2 is 2.06 bits per heavy atom. The van der Waals surface area contributed by atoms with Crippen molar-refractivity contribution in [3.8, 4) is 0 Å². The number of ether oxygens (including phenoxy) is 1. The van der Waals surface area contributed by atoms with E-state index in [1.54, 1.807) is 0 Å². The summed E-state index contributed by atoms with van der Waals surface area (Å²) in [4.78, 5) is 2.61. The first kappa shape index (κ1) is 14.3. The maximum atomic E-state index is 5.75. The fourth-order valence-electron chi connectivity index (χ4n) is 3.32. The number of rotatable bonds is 6. The summed E-state index contributed by atoms with van der Waals surface area (Å²) in [6, 6.07) is 0.612. The number of nitrogens with zero attached hydrogens (tertiary/aromatic N) is 1. The molecule has 106 valence electrons. The molecule has 2 heterocycles. The van der Waals surface area contributed by atoms with Gasteiger partial charge in [-0.25, -0.2) is 0 Å². The highest BCUT2D eigenvalue weighted by molar-refractivity contribution is 4.79. The van der Waals surface area contributed by atoms with Gasteiger partial charge in [-0.15, -0.1) is 0 Å². The second kappa shape index (κ2) is 7.46. The molecule has 3 unspecified atom stereocenters. The summed E-state index contributed by atoms with van der Waals surface area (Å²) in [6.07, 6.45) is 7.10. The average Bonchev–Trinajstić information content (AvgIpc) is 2.85. The number of hydrogen-bond donors (Lipinski definition) is 1. The van der Waals surface area contributed by atoms with Crippen LogP contribution < -0.4 is 5.32 Å². The Morgan fingerprint density at radius 1 is 1.28 bits per heavy atom. The third kappa shape index (κ3) is 4.22. The predicted octanol–water partition coefficient (Wildman–Crippen LogP) is 2.27. The van der Waals surface area contributed by atoms with E-state index in [-0.39, 0.29) is 0 Å². The molecule has 0 aromatic carbocycles. The molecular formula is C15H30N2O. The average molecular weight is 254 g/mol. The molecule has 0 amide bonds. The van der Waals surface area contributed by atoms with E-state index in [1.165, 1.54) is 45.3 Å². The zero-order chi connectivity index (χ0) is 12.8. The minimum atomic E-state index is 0.500. The third-order valence-corrected chi connectivity index (χ3v) is 4.46. The highest BCUT2D eigenvalue weighted by atomic mass is 16.5. The van der Waals surface area contributed by atoms with Gasteiger partial charge < -0.3 is 15.0 Å². The number of likely N-dealkylation sites (tertiary alicyclic amines) is 1. The highest BCUT2D eigenvalue weighted by Crippen LogP contribution is 2.22. The van der Waals surface area contributed by atoms with E-state index < -0.39 is 0 Å². The number of piperidine rings is 1. The molecule has 18 heavy (non-hydrogen) atoms. The Hall–Kier alpha value is -0.120. The predicted molar refractivity (Wildman–Crippen MR) is 75.9 cm³/mol. The van der Waals surface area contributed by atoms with Gasteiger partial charge in [0.05, 0.1) is 6.10 Å². The molecule has 0 spiro atoms. The first-order chi connectivity index (χ1) is 8.79. The van der Waals surface area contributed by atoms with Gasteiger partial charge in [-0.05, 0) is 51.6 Å². The lowest BCUT2D eigenvalue weighted by Gasteiger charge is -2.30. The molecule has 3 atom stereocenters. The zero-order valence-corrected chi connectivity index (χ0v) is 12.2. The molecule has 2 aliphatic heterocycles. The van der Waals surface area contributed by atoms with E-state index in [0.29, 0.717) is 12.1 Å². The molecule has 0 aromatic heterocycles. The van der Waals surface area contributed by atoms with Gasteiger partial charge in [-0.1, -0.05) is 13.3 Å². The summed E-state index contributed by atoms with van der Waals surface area (Å²) in [5.74, 6) is 0.735. The molecule has 2 saturated heterocycles. The van der Waals surface area contributed by atoms with Crippen LogP contribution in [-0.4, -0.2) is 49.8 Å². The van der Waals surface area contributed by atoms with Gasteiger partial charge in [0.15, 0.2) is 0 Å². The normalized spacial score (nSPS) is 31.7. The lowest BCUT2D eigenvalue weighted by Crippen LogP contribution is -2.43. The van der Waals surface area contributed by atoms with Crippen LogP contribution in [0.4, 0.5) is 0 Å². The molecule has 1 N–H and O–H groups in total. The van der Waals surface area contributed by atoms with Crippen molar-refractivity contribution in [3.05, 3.63) is 0 Å². The van der Waals surface area contributed by atoms with Gasteiger partial charge >= 0.3 is 0 Å². The topological polar surface area (TPSA) is 24.5 Å². The summed E-state index contributed by atoms with van der Waals surface area (Å²) < 4.78 is 5.75. The second-order valence-electron chi connectivity index (χ2n) is 6.04. The summed E-state index contributed by atoms with van der Waals surface area (Å²) in [5, 5.41) is 3.71. The molecule has 3 heteroatoms. The number of nitrogens with one attached hydrogen (secondary N) is 1. The molecule has 0 aliphatic carbocycles. The molecule has 0 aromatic rings. The summed E-state index contributed by atoms with van der Waals surface area (Å²) in [6.45, 7) is 10.5. The number of hydrogen-bond acceptors (Lipinski definition) is 3. The zero-order valence-electron chi connectivity index (χ0n) is 12.2. The lowest BCUT2D eigenvalue weighted by atomic mass is 9.99. The van der Waals surface area contributed by atoms with E-state index in [4.69, 9.17) is 4.74 Å². The Bertz CT molecular complexity index is 229. The van der Waals surface area contributed by atoms with Gasteiger partial charge in [0.1, 0.15) is 0 Å². The van der Waals surface area contributed by atoms with Crippen LogP contribution in [0.25, 0.3) is 0 Å². The molecule has 0 saturated carbocycles. The molecule has 2 rings (SSSR count). The largest absolute Gasteiger partial charge is 0.378 e. The van der Waals surface area contributed by atoms with Gasteiger partial charge in [0, 0.05) is 25.7 Å². The minimum absolute atomic E-state index is 0.500. The van der Waals surface area contributed by atoms with Crippen molar-refractivity contribution in [3.63, 3.8) is 0 Å². The van der Waals surface area contributed by atoms with Crippen molar-refractivity contribution in [1.82, 2.24) is 10.2 Å². The van der Waals surface area contributed by atoms with Crippen LogP contribution in [0, 0.1) is 5.92 Å². The van der Waals surface area contributed by atoms with E-state index in [2.05, 4.69) is 24.1 Å². The third-order valence-electron chi connectivity index (χ3n) is 4.46. The van der Waals surface area contributed by atoms with E-state index in [0.717, 1.165) is 25.5 Å². The van der Waals surface area contributed by atoms with Crippen LogP contribution in [0.3, 0.4) is 0 Å². The maximum Gasteiger partial charge on any atom is 0.0613 e. The maximum absolute atomic E-state index is 5.75. The first-order valence-corrected chi connectivity index (χ1v) is 7.87. The van der Waals surface area contributed by atoms with Crippen molar-refractivity contribution in [2.45, 2.75) is 58.1 Å². The summed E-state index contributed by atoms with van der Waals surface area (Å²) in [7, 11) is 0. The van der Waals surface area contributed by atoms with Crippen LogP contribution in [0.5, 0.6) is 0 Å². The molecule has 3 nitrogen and oxygen atoms in total. The molecule has 2 fully saturated rings. The fourth-order valence-corrected chi connectivity index (χ4v) is 3.32. The van der Waals surface area contributed by atoms with Crippen LogP contribution in [0.1, 0.15) is 46.0 Å². The van der Waals surface area contributed by atoms with Crippen LogP contribution >= 0.6 is 0 Å². The molecular weight excluding hydrogens is 224 g/mol. The van der Waals surface area contributed by atoms with Crippen molar-refractivity contribution in [1.29, 1.82) is 0 Å². The van der Waals surface area contributed by atoms with E-state index in [1.807, 2.05) is 0 Å². The van der Waals surface area contributed by atoms with E-state index in [9.17, 15) is 0 Å². The Morgan fingerprint density at radius 3 is 2.78 bits per heavy atom. The minimum Gasteiger partial charge on any atom is -0.378 e. The first-order valence-electron chi connectivity index (χ1n) is 7.87. The smallest absolute Gasteiger partial charge is 0.0613 e. The SMILES string of the molecule is CCC1OCCC1CNC(C)CN1CCCCC1. The quantitative estimate of drug-likeness (QED) is 0.787. The van der Waals surface area contributed by atoms with Gasteiger partial charge in [0.25, 0.3) is 0 Å². The van der Waals surface area contributed by atoms with Crippen molar-refractivity contribution in [2.75, 3.05) is 32.8 Å². The Balaban J connectivity index is 1.63. The van der Waals surface area contributed by atoms with Crippen LogP contribution in [0.15, 0.2) is 0 Å². The van der Waals surface area contributed by atoms with Crippen LogP contribution in [-0.2, 0) is 4.74 Å². The van der Waals surface area contributed by atoms with Gasteiger partial charge in [-0.2, -0.15) is 0 Å². The molecule has 2 aliphatic rings. The summed E-state index contributed by atoms with van der Waals surface area (Å²) >= 11 is 0. The van der Waals surface area contributed by atoms with Crippen LogP contribution in [0.2, 0.25) is 0 Å². The Labute approximate surface area is 112 Å². The lowest BCUT2D eigenvalue weighted by molar-refractivity contribution is 0.0861. The van der Waals surface area contributed by atoms with Gasteiger partial charge in [-0.3, -0.25) is 0 Å². The molecule has 0 radical (unpaired) electrons. The van der Waals surface area contributed by atoms with Crippen molar-refractivity contribution >= 4 is 0 Å². The van der Waals surface area contributed by atoms with Crippen molar-refractivity contribution < 1.29 is 4.74 Å². The van der Waals surface area contributed by atoms with E-state index >= 15 is 0 Å². The highest BCUT2D eigenvalue weighted by Gasteiger charge is 2.26. The van der Waals surface area contributed by atoms with Gasteiger partial charge in [0.2, 0.25) is 0 Å².